The van der Waals surface area contributed by atoms with Crippen molar-refractivity contribution in [2.45, 2.75) is 11.4 Å². The van der Waals surface area contributed by atoms with Gasteiger partial charge in [-0.05, 0) is 24.7 Å². The molecule has 1 nitrogen and oxygen atoms in total. The van der Waals surface area contributed by atoms with Gasteiger partial charge in [-0.3, -0.25) is 0 Å². The predicted octanol–water partition coefficient (Wildman–Crippen LogP) is 3.25. The Morgan fingerprint density at radius 3 is 2.64 bits per heavy atom. The molecule has 0 fully saturated rings. The summed E-state index contributed by atoms with van der Waals surface area (Å²) >= 11 is 7.21. The SMILES string of the molecule is CNCc1ccc(SC/C=C/Cl)cc1. The Morgan fingerprint density at radius 2 is 2.07 bits per heavy atom. The summed E-state index contributed by atoms with van der Waals surface area (Å²) in [6, 6.07) is 8.56. The van der Waals surface area contributed by atoms with Crippen LogP contribution in [0.3, 0.4) is 0 Å². The molecular weight excluding hydrogens is 214 g/mol. The van der Waals surface area contributed by atoms with Crippen molar-refractivity contribution in [2.24, 2.45) is 0 Å². The first-order valence-corrected chi connectivity index (χ1v) is 5.90. The lowest BCUT2D eigenvalue weighted by atomic mass is 10.2. The number of nitrogens with one attached hydrogen (secondary N) is 1. The average molecular weight is 228 g/mol. The molecule has 1 rings (SSSR count). The lowest BCUT2D eigenvalue weighted by Gasteiger charge is -2.01. The van der Waals surface area contributed by atoms with Crippen molar-refractivity contribution < 1.29 is 0 Å². The third-order valence-electron chi connectivity index (χ3n) is 1.74. The quantitative estimate of drug-likeness (QED) is 0.776. The second-order valence-corrected chi connectivity index (χ2v) is 4.19. The van der Waals surface area contributed by atoms with E-state index in [-0.39, 0.29) is 0 Å². The van der Waals surface area contributed by atoms with Crippen molar-refractivity contribution >= 4 is 23.4 Å². The first-order chi connectivity index (χ1) is 6.86. The van der Waals surface area contributed by atoms with E-state index in [0.717, 1.165) is 12.3 Å². The molecule has 3 heteroatoms. The molecule has 0 aliphatic rings. The number of rotatable bonds is 5. The van der Waals surface area contributed by atoms with Crippen molar-refractivity contribution in [3.8, 4) is 0 Å². The third-order valence-corrected chi connectivity index (χ3v) is 2.88. The maximum Gasteiger partial charge on any atom is 0.0202 e. The lowest BCUT2D eigenvalue weighted by Crippen LogP contribution is -2.04. The van der Waals surface area contributed by atoms with E-state index in [1.54, 1.807) is 17.3 Å². The highest BCUT2D eigenvalue weighted by atomic mass is 35.5. The molecule has 0 spiro atoms. The van der Waals surface area contributed by atoms with Crippen LogP contribution < -0.4 is 5.32 Å². The van der Waals surface area contributed by atoms with Crippen LogP contribution >= 0.6 is 23.4 Å². The smallest absolute Gasteiger partial charge is 0.0202 e. The molecule has 0 amide bonds. The summed E-state index contributed by atoms with van der Waals surface area (Å²) < 4.78 is 0. The molecule has 1 aromatic rings. The van der Waals surface area contributed by atoms with Gasteiger partial charge in [0.25, 0.3) is 0 Å². The summed E-state index contributed by atoms with van der Waals surface area (Å²) in [7, 11) is 1.95. The number of thioether (sulfide) groups is 1. The Hall–Kier alpha value is -0.440. The minimum absolute atomic E-state index is 0.923. The molecule has 0 saturated heterocycles. The lowest BCUT2D eigenvalue weighted by molar-refractivity contribution is 0.817. The standard InChI is InChI=1S/C11H14ClNS/c1-13-9-10-3-5-11(6-4-10)14-8-2-7-12/h2-7,13H,8-9H2,1H3/b7-2+. The molecule has 0 aliphatic carbocycles. The van der Waals surface area contributed by atoms with Gasteiger partial charge in [0.2, 0.25) is 0 Å². The summed E-state index contributed by atoms with van der Waals surface area (Å²) in [5.74, 6) is 0.925. The molecule has 0 radical (unpaired) electrons. The first kappa shape index (κ1) is 11.6. The minimum atomic E-state index is 0.923. The van der Waals surface area contributed by atoms with Crippen molar-refractivity contribution in [3.05, 3.63) is 41.4 Å². The minimum Gasteiger partial charge on any atom is -0.316 e. The Balaban J connectivity index is 2.46. The highest BCUT2D eigenvalue weighted by Crippen LogP contribution is 2.18. The fourth-order valence-electron chi connectivity index (χ4n) is 1.09. The van der Waals surface area contributed by atoms with Crippen molar-refractivity contribution in [1.82, 2.24) is 5.32 Å². The highest BCUT2D eigenvalue weighted by Gasteiger charge is 1.93. The van der Waals surface area contributed by atoms with Gasteiger partial charge in [-0.2, -0.15) is 0 Å². The zero-order valence-corrected chi connectivity index (χ0v) is 9.74. The molecule has 0 saturated carbocycles. The van der Waals surface area contributed by atoms with E-state index in [2.05, 4.69) is 29.6 Å². The molecule has 0 bridgehead atoms. The molecule has 0 atom stereocenters. The topological polar surface area (TPSA) is 12.0 Å². The summed E-state index contributed by atoms with van der Waals surface area (Å²) in [6.07, 6.45) is 1.94. The van der Waals surface area contributed by atoms with Crippen LogP contribution in [0, 0.1) is 0 Å². The van der Waals surface area contributed by atoms with E-state index in [1.807, 2.05) is 13.1 Å². The van der Waals surface area contributed by atoms with Crippen LogP contribution in [0.4, 0.5) is 0 Å². The number of hydrogen-bond acceptors (Lipinski definition) is 2. The van der Waals surface area contributed by atoms with E-state index in [1.165, 1.54) is 10.5 Å². The predicted molar refractivity (Wildman–Crippen MR) is 64.9 cm³/mol. The molecule has 14 heavy (non-hydrogen) atoms. The van der Waals surface area contributed by atoms with Gasteiger partial charge in [0.1, 0.15) is 0 Å². The molecule has 76 valence electrons. The van der Waals surface area contributed by atoms with Crippen LogP contribution in [0.2, 0.25) is 0 Å². The van der Waals surface area contributed by atoms with E-state index in [0.29, 0.717) is 0 Å². The molecule has 1 N–H and O–H groups in total. The zero-order valence-electron chi connectivity index (χ0n) is 8.16. The maximum absolute atomic E-state index is 5.43. The fraction of sp³-hybridized carbons (Fsp3) is 0.273. The van der Waals surface area contributed by atoms with Gasteiger partial charge >= 0.3 is 0 Å². The monoisotopic (exact) mass is 227 g/mol. The number of hydrogen-bond donors (Lipinski definition) is 1. The van der Waals surface area contributed by atoms with Crippen molar-refractivity contribution in [3.63, 3.8) is 0 Å². The van der Waals surface area contributed by atoms with Gasteiger partial charge in [0, 0.05) is 22.7 Å². The maximum atomic E-state index is 5.43. The van der Waals surface area contributed by atoms with Gasteiger partial charge in [0.05, 0.1) is 0 Å². The van der Waals surface area contributed by atoms with E-state index in [9.17, 15) is 0 Å². The van der Waals surface area contributed by atoms with Gasteiger partial charge < -0.3 is 5.32 Å². The Labute approximate surface area is 94.5 Å². The molecule has 0 aliphatic heterocycles. The normalized spacial score (nSPS) is 11.0. The van der Waals surface area contributed by atoms with Gasteiger partial charge in [-0.25, -0.2) is 0 Å². The Bertz CT molecular complexity index is 282. The molecule has 1 aromatic carbocycles. The van der Waals surface area contributed by atoms with E-state index >= 15 is 0 Å². The van der Waals surface area contributed by atoms with Crippen LogP contribution in [0.1, 0.15) is 5.56 Å². The second kappa shape index (κ2) is 6.93. The fourth-order valence-corrected chi connectivity index (χ4v) is 2.00. The average Bonchev–Trinajstić information content (AvgIpc) is 2.21. The van der Waals surface area contributed by atoms with Crippen LogP contribution in [0.5, 0.6) is 0 Å². The summed E-state index contributed by atoms with van der Waals surface area (Å²) in [5, 5.41) is 3.12. The number of halogens is 1. The van der Waals surface area contributed by atoms with Crippen LogP contribution in [-0.2, 0) is 6.54 Å². The first-order valence-electron chi connectivity index (χ1n) is 4.48. The van der Waals surface area contributed by atoms with Crippen LogP contribution in [0.25, 0.3) is 0 Å². The van der Waals surface area contributed by atoms with Crippen LogP contribution in [0.15, 0.2) is 40.8 Å². The summed E-state index contributed by atoms with van der Waals surface area (Å²) in [6.45, 7) is 0.923. The molecule has 0 unspecified atom stereocenters. The number of benzene rings is 1. The molecular formula is C11H14ClNS. The van der Waals surface area contributed by atoms with Gasteiger partial charge in [-0.1, -0.05) is 29.8 Å². The largest absolute Gasteiger partial charge is 0.316 e. The molecule has 0 aromatic heterocycles. The summed E-state index contributed by atoms with van der Waals surface area (Å²) in [4.78, 5) is 1.28. The Kier molecular flexibility index (Phi) is 5.76. The second-order valence-electron chi connectivity index (χ2n) is 2.85. The van der Waals surface area contributed by atoms with E-state index < -0.39 is 0 Å². The van der Waals surface area contributed by atoms with Crippen molar-refractivity contribution in [1.29, 1.82) is 0 Å². The summed E-state index contributed by atoms with van der Waals surface area (Å²) in [5.41, 5.74) is 2.87. The zero-order chi connectivity index (χ0) is 10.2. The third kappa shape index (κ3) is 4.18. The van der Waals surface area contributed by atoms with Gasteiger partial charge in [0.15, 0.2) is 0 Å². The van der Waals surface area contributed by atoms with Crippen LogP contribution in [-0.4, -0.2) is 12.8 Å². The highest BCUT2D eigenvalue weighted by molar-refractivity contribution is 7.99. The molecule has 0 heterocycles. The van der Waals surface area contributed by atoms with Gasteiger partial charge in [-0.15, -0.1) is 11.8 Å². The van der Waals surface area contributed by atoms with E-state index in [4.69, 9.17) is 11.6 Å². The Morgan fingerprint density at radius 1 is 1.36 bits per heavy atom. The van der Waals surface area contributed by atoms with Crippen molar-refractivity contribution in [2.75, 3.05) is 12.8 Å².